The van der Waals surface area contributed by atoms with Crippen LogP contribution in [0.4, 0.5) is 5.69 Å². The summed E-state index contributed by atoms with van der Waals surface area (Å²) in [5.74, 6) is 1.40. The number of benzene rings is 2. The highest BCUT2D eigenvalue weighted by atomic mass is 35.5. The summed E-state index contributed by atoms with van der Waals surface area (Å²) < 4.78 is 16.3. The highest BCUT2D eigenvalue weighted by Gasteiger charge is 2.20. The Bertz CT molecular complexity index is 997. The molecule has 1 amide bonds. The van der Waals surface area contributed by atoms with E-state index in [2.05, 4.69) is 10.3 Å². The molecular weight excluding hydrogens is 368 g/mol. The van der Waals surface area contributed by atoms with E-state index < -0.39 is 0 Å². The molecule has 1 heterocycles. The van der Waals surface area contributed by atoms with Crippen molar-refractivity contribution in [1.29, 1.82) is 0 Å². The third-order valence-electron chi connectivity index (χ3n) is 4.36. The van der Waals surface area contributed by atoms with Crippen molar-refractivity contribution < 1.29 is 19.0 Å². The van der Waals surface area contributed by atoms with Crippen molar-refractivity contribution in [2.24, 2.45) is 0 Å². The molecule has 0 saturated heterocycles. The van der Waals surface area contributed by atoms with Gasteiger partial charge in [0.05, 0.1) is 33.3 Å². The van der Waals surface area contributed by atoms with Crippen LogP contribution in [0.25, 0.3) is 10.9 Å². The number of methoxy groups -OCH3 is 3. The van der Waals surface area contributed by atoms with E-state index >= 15 is 0 Å². The second-order valence-electron chi connectivity index (χ2n) is 6.07. The minimum Gasteiger partial charge on any atom is -0.493 e. The van der Waals surface area contributed by atoms with Crippen molar-refractivity contribution in [3.05, 3.63) is 46.6 Å². The zero-order valence-electron chi connectivity index (χ0n) is 15.6. The van der Waals surface area contributed by atoms with Crippen LogP contribution < -0.4 is 19.5 Å². The van der Waals surface area contributed by atoms with Crippen LogP contribution in [0.3, 0.4) is 0 Å². The van der Waals surface area contributed by atoms with Crippen LogP contribution in [0.2, 0.25) is 5.02 Å². The molecule has 0 unspecified atom stereocenters. The number of hydrogen-bond donors (Lipinski definition) is 2. The molecular formula is C20H21ClN2O4. The third kappa shape index (κ3) is 3.66. The van der Waals surface area contributed by atoms with Gasteiger partial charge < -0.3 is 24.5 Å². The molecule has 1 aromatic heterocycles. The van der Waals surface area contributed by atoms with Crippen molar-refractivity contribution in [2.45, 2.75) is 13.3 Å². The van der Waals surface area contributed by atoms with Crippen LogP contribution >= 0.6 is 11.6 Å². The molecule has 0 fully saturated rings. The average molecular weight is 389 g/mol. The maximum Gasteiger partial charge on any atom is 0.228 e. The molecule has 0 saturated carbocycles. The summed E-state index contributed by atoms with van der Waals surface area (Å²) in [5, 5.41) is 4.26. The largest absolute Gasteiger partial charge is 0.493 e. The lowest BCUT2D eigenvalue weighted by Crippen LogP contribution is -2.14. The summed E-state index contributed by atoms with van der Waals surface area (Å²) in [6, 6.07) is 7.24. The molecule has 2 aromatic carbocycles. The zero-order valence-corrected chi connectivity index (χ0v) is 16.4. The number of carbonyl (C=O) groups excluding carboxylic acids is 1. The van der Waals surface area contributed by atoms with Crippen LogP contribution in [0.1, 0.15) is 11.1 Å². The molecule has 2 N–H and O–H groups in total. The summed E-state index contributed by atoms with van der Waals surface area (Å²) in [5.41, 5.74) is 3.20. The number of nitrogens with one attached hydrogen (secondary N) is 2. The predicted molar refractivity (Wildman–Crippen MR) is 106 cm³/mol. The van der Waals surface area contributed by atoms with Gasteiger partial charge in [0.15, 0.2) is 11.5 Å². The zero-order chi connectivity index (χ0) is 19.6. The van der Waals surface area contributed by atoms with E-state index in [0.717, 1.165) is 22.0 Å². The van der Waals surface area contributed by atoms with Crippen molar-refractivity contribution in [1.82, 2.24) is 4.98 Å². The van der Waals surface area contributed by atoms with Crippen LogP contribution in [0, 0.1) is 6.92 Å². The molecule has 3 aromatic rings. The summed E-state index contributed by atoms with van der Waals surface area (Å²) in [4.78, 5) is 15.7. The van der Waals surface area contributed by atoms with E-state index in [4.69, 9.17) is 25.8 Å². The lowest BCUT2D eigenvalue weighted by Gasteiger charge is -2.14. The Hall–Kier alpha value is -2.86. The molecule has 6 nitrogen and oxygen atoms in total. The maximum absolute atomic E-state index is 12.5. The number of H-pyrrole nitrogens is 1. The van der Waals surface area contributed by atoms with E-state index in [1.807, 2.05) is 25.1 Å². The summed E-state index contributed by atoms with van der Waals surface area (Å²) in [6.45, 7) is 1.91. The molecule has 0 bridgehead atoms. The van der Waals surface area contributed by atoms with E-state index in [9.17, 15) is 4.79 Å². The van der Waals surface area contributed by atoms with Gasteiger partial charge in [0, 0.05) is 28.4 Å². The fraction of sp³-hybridized carbons (Fsp3) is 0.250. The minimum atomic E-state index is -0.160. The van der Waals surface area contributed by atoms with Gasteiger partial charge in [-0.05, 0) is 30.2 Å². The molecule has 3 rings (SSSR count). The molecule has 0 spiro atoms. The number of aryl methyl sites for hydroxylation is 1. The summed E-state index contributed by atoms with van der Waals surface area (Å²) >= 11 is 6.12. The molecule has 0 aliphatic heterocycles. The number of ether oxygens (including phenoxy) is 3. The SMILES string of the molecule is COc1cc2[nH]cc(CC(=O)Nc3ccc(C)c(Cl)c3)c2c(OC)c1OC. The second kappa shape index (κ2) is 7.80. The van der Waals surface area contributed by atoms with Crippen LogP contribution in [0.15, 0.2) is 30.5 Å². The summed E-state index contributed by atoms with van der Waals surface area (Å²) in [7, 11) is 4.67. The number of hydrogen-bond acceptors (Lipinski definition) is 4. The highest BCUT2D eigenvalue weighted by Crippen LogP contribution is 2.44. The number of fused-ring (bicyclic) bond motifs is 1. The number of amides is 1. The standard InChI is InChI=1S/C20H21ClN2O4/c1-11-5-6-13(8-14(11)21)23-17(24)7-12-10-22-15-9-16(25-2)19(26-3)20(27-4)18(12)15/h5-6,8-10,22H,7H2,1-4H3,(H,23,24). The van der Waals surface area contributed by atoms with Crippen molar-refractivity contribution >= 4 is 34.1 Å². The minimum absolute atomic E-state index is 0.160. The fourth-order valence-electron chi connectivity index (χ4n) is 3.01. The normalized spacial score (nSPS) is 10.7. The first-order valence-electron chi connectivity index (χ1n) is 8.33. The van der Waals surface area contributed by atoms with E-state index in [1.54, 1.807) is 33.6 Å². The number of carbonyl (C=O) groups is 1. The van der Waals surface area contributed by atoms with Gasteiger partial charge in [0.2, 0.25) is 11.7 Å². The van der Waals surface area contributed by atoms with E-state index in [0.29, 0.717) is 28.0 Å². The Kier molecular flexibility index (Phi) is 5.46. The Morgan fingerprint density at radius 1 is 1.11 bits per heavy atom. The topological polar surface area (TPSA) is 72.6 Å². The van der Waals surface area contributed by atoms with Gasteiger partial charge in [-0.25, -0.2) is 0 Å². The monoisotopic (exact) mass is 388 g/mol. The van der Waals surface area contributed by atoms with Gasteiger partial charge in [-0.3, -0.25) is 4.79 Å². The van der Waals surface area contributed by atoms with Gasteiger partial charge in [0.1, 0.15) is 0 Å². The first kappa shape index (κ1) is 18.9. The maximum atomic E-state index is 12.5. The van der Waals surface area contributed by atoms with Crippen molar-refractivity contribution in [3.63, 3.8) is 0 Å². The lowest BCUT2D eigenvalue weighted by atomic mass is 10.1. The molecule has 0 radical (unpaired) electrons. The molecule has 7 heteroatoms. The smallest absolute Gasteiger partial charge is 0.228 e. The highest BCUT2D eigenvalue weighted by molar-refractivity contribution is 6.31. The Morgan fingerprint density at radius 2 is 1.85 bits per heavy atom. The molecule has 0 aliphatic rings. The number of anilines is 1. The molecule has 0 aliphatic carbocycles. The molecule has 142 valence electrons. The predicted octanol–water partition coefficient (Wildman–Crippen LogP) is 4.34. The van der Waals surface area contributed by atoms with Crippen molar-refractivity contribution in [2.75, 3.05) is 26.6 Å². The van der Waals surface area contributed by atoms with Gasteiger partial charge in [-0.15, -0.1) is 0 Å². The lowest BCUT2D eigenvalue weighted by molar-refractivity contribution is -0.115. The third-order valence-corrected chi connectivity index (χ3v) is 4.77. The van der Waals surface area contributed by atoms with Crippen LogP contribution in [-0.2, 0) is 11.2 Å². The van der Waals surface area contributed by atoms with Gasteiger partial charge in [0.25, 0.3) is 0 Å². The number of aromatic nitrogens is 1. The van der Waals surface area contributed by atoms with Crippen LogP contribution in [0.5, 0.6) is 17.2 Å². The van der Waals surface area contributed by atoms with Gasteiger partial charge in [-0.2, -0.15) is 0 Å². The fourth-order valence-corrected chi connectivity index (χ4v) is 3.19. The Morgan fingerprint density at radius 3 is 2.48 bits per heavy atom. The van der Waals surface area contributed by atoms with E-state index in [-0.39, 0.29) is 12.3 Å². The average Bonchev–Trinajstić information content (AvgIpc) is 3.05. The molecule has 0 atom stereocenters. The van der Waals surface area contributed by atoms with Gasteiger partial charge >= 0.3 is 0 Å². The first-order valence-corrected chi connectivity index (χ1v) is 8.71. The van der Waals surface area contributed by atoms with Crippen molar-refractivity contribution in [3.8, 4) is 17.2 Å². The molecule has 27 heavy (non-hydrogen) atoms. The number of aromatic amines is 1. The Labute approximate surface area is 162 Å². The number of halogens is 1. The quantitative estimate of drug-likeness (QED) is 0.659. The van der Waals surface area contributed by atoms with E-state index in [1.165, 1.54) is 0 Å². The Balaban J connectivity index is 1.92. The van der Waals surface area contributed by atoms with Gasteiger partial charge in [-0.1, -0.05) is 17.7 Å². The number of rotatable bonds is 6. The first-order chi connectivity index (χ1) is 13.0. The summed E-state index contributed by atoms with van der Waals surface area (Å²) in [6.07, 6.45) is 1.95. The van der Waals surface area contributed by atoms with Crippen LogP contribution in [-0.4, -0.2) is 32.2 Å². The second-order valence-corrected chi connectivity index (χ2v) is 6.48.